The standard InChI is InChI=1S/C11H10INO3/c12-9-3-1-8(2-4-9)5-13-10(14)6-16-7-11(13)15/h1-4H,5-7H2. The van der Waals surface area contributed by atoms with Crippen LogP contribution in [0.15, 0.2) is 24.3 Å². The number of morpholine rings is 1. The van der Waals surface area contributed by atoms with Crippen LogP contribution in [0.4, 0.5) is 0 Å². The van der Waals surface area contributed by atoms with Gasteiger partial charge in [-0.15, -0.1) is 0 Å². The van der Waals surface area contributed by atoms with Crippen molar-refractivity contribution in [1.29, 1.82) is 0 Å². The fraction of sp³-hybridized carbons (Fsp3) is 0.273. The van der Waals surface area contributed by atoms with Crippen molar-refractivity contribution in [2.45, 2.75) is 6.54 Å². The van der Waals surface area contributed by atoms with Gasteiger partial charge in [0.05, 0.1) is 6.54 Å². The summed E-state index contributed by atoms with van der Waals surface area (Å²) >= 11 is 2.21. The monoisotopic (exact) mass is 331 g/mol. The van der Waals surface area contributed by atoms with Crippen LogP contribution in [0.5, 0.6) is 0 Å². The van der Waals surface area contributed by atoms with Gasteiger partial charge in [0.1, 0.15) is 13.2 Å². The molecule has 0 aromatic heterocycles. The van der Waals surface area contributed by atoms with Crippen molar-refractivity contribution in [3.63, 3.8) is 0 Å². The van der Waals surface area contributed by atoms with Crippen molar-refractivity contribution < 1.29 is 14.3 Å². The molecule has 0 N–H and O–H groups in total. The number of hydrogen-bond donors (Lipinski definition) is 0. The van der Waals surface area contributed by atoms with Gasteiger partial charge in [0.25, 0.3) is 11.8 Å². The maximum absolute atomic E-state index is 11.5. The van der Waals surface area contributed by atoms with Gasteiger partial charge in [0.2, 0.25) is 0 Å². The van der Waals surface area contributed by atoms with E-state index in [2.05, 4.69) is 22.6 Å². The number of benzene rings is 1. The van der Waals surface area contributed by atoms with Crippen molar-refractivity contribution in [2.75, 3.05) is 13.2 Å². The van der Waals surface area contributed by atoms with Crippen LogP contribution in [0.2, 0.25) is 0 Å². The summed E-state index contributed by atoms with van der Waals surface area (Å²) in [5.74, 6) is -0.537. The molecule has 1 aromatic rings. The van der Waals surface area contributed by atoms with Gasteiger partial charge in [0.15, 0.2) is 0 Å². The van der Waals surface area contributed by atoms with Gasteiger partial charge in [-0.1, -0.05) is 12.1 Å². The third-order valence-electron chi connectivity index (χ3n) is 2.31. The molecule has 0 spiro atoms. The van der Waals surface area contributed by atoms with Gasteiger partial charge in [-0.3, -0.25) is 14.5 Å². The number of carbonyl (C=O) groups excluding carboxylic acids is 2. The molecule has 2 rings (SSSR count). The molecule has 0 radical (unpaired) electrons. The Balaban J connectivity index is 2.10. The molecule has 0 atom stereocenters. The van der Waals surface area contributed by atoms with Crippen molar-refractivity contribution in [3.05, 3.63) is 33.4 Å². The maximum Gasteiger partial charge on any atom is 0.255 e. The molecule has 1 heterocycles. The normalized spacial score (nSPS) is 16.7. The quantitative estimate of drug-likeness (QED) is 0.604. The lowest BCUT2D eigenvalue weighted by atomic mass is 10.2. The van der Waals surface area contributed by atoms with Crippen molar-refractivity contribution >= 4 is 34.4 Å². The fourth-order valence-electron chi connectivity index (χ4n) is 1.47. The first kappa shape index (κ1) is 11.5. The zero-order valence-corrected chi connectivity index (χ0v) is 10.6. The summed E-state index contributed by atoms with van der Waals surface area (Å²) in [5.41, 5.74) is 0.948. The van der Waals surface area contributed by atoms with E-state index in [1.807, 2.05) is 24.3 Å². The molecule has 2 amide bonds. The highest BCUT2D eigenvalue weighted by atomic mass is 127. The number of hydrogen-bond acceptors (Lipinski definition) is 3. The van der Waals surface area contributed by atoms with Crippen LogP contribution < -0.4 is 0 Å². The Morgan fingerprint density at radius 3 is 2.25 bits per heavy atom. The number of imide groups is 1. The van der Waals surface area contributed by atoms with Crippen LogP contribution in [0.1, 0.15) is 5.56 Å². The highest BCUT2D eigenvalue weighted by molar-refractivity contribution is 14.1. The second-order valence-electron chi connectivity index (χ2n) is 3.49. The second-order valence-corrected chi connectivity index (χ2v) is 4.74. The molecule has 1 aliphatic rings. The molecule has 1 saturated heterocycles. The predicted molar refractivity (Wildman–Crippen MR) is 65.5 cm³/mol. The van der Waals surface area contributed by atoms with E-state index in [0.29, 0.717) is 6.54 Å². The van der Waals surface area contributed by atoms with Crippen LogP contribution >= 0.6 is 22.6 Å². The number of rotatable bonds is 2. The Morgan fingerprint density at radius 2 is 1.69 bits per heavy atom. The van der Waals surface area contributed by atoms with Crippen LogP contribution in [0.25, 0.3) is 0 Å². The van der Waals surface area contributed by atoms with Gasteiger partial charge in [-0.2, -0.15) is 0 Å². The number of carbonyl (C=O) groups is 2. The molecule has 1 fully saturated rings. The zero-order valence-electron chi connectivity index (χ0n) is 8.48. The molecule has 0 aliphatic carbocycles. The third kappa shape index (κ3) is 2.59. The highest BCUT2D eigenvalue weighted by Crippen LogP contribution is 2.11. The van der Waals surface area contributed by atoms with Gasteiger partial charge in [-0.25, -0.2) is 0 Å². The molecule has 5 heteroatoms. The number of amides is 2. The Morgan fingerprint density at radius 1 is 1.12 bits per heavy atom. The lowest BCUT2D eigenvalue weighted by Crippen LogP contribution is -2.45. The third-order valence-corrected chi connectivity index (χ3v) is 3.03. The van der Waals surface area contributed by atoms with Gasteiger partial charge in [-0.05, 0) is 40.3 Å². The van der Waals surface area contributed by atoms with E-state index < -0.39 is 0 Å². The minimum absolute atomic E-state index is 0.00386. The van der Waals surface area contributed by atoms with Crippen LogP contribution in [-0.2, 0) is 20.9 Å². The summed E-state index contributed by atoms with van der Waals surface area (Å²) in [7, 11) is 0. The van der Waals surface area contributed by atoms with Crippen LogP contribution in [0, 0.1) is 3.57 Å². The van der Waals surface area contributed by atoms with Crippen LogP contribution in [0.3, 0.4) is 0 Å². The second kappa shape index (κ2) is 4.92. The fourth-order valence-corrected chi connectivity index (χ4v) is 1.83. The number of ether oxygens (including phenoxy) is 1. The van der Waals surface area contributed by atoms with Crippen LogP contribution in [-0.4, -0.2) is 29.9 Å². The predicted octanol–water partition coefficient (Wildman–Crippen LogP) is 1.18. The zero-order chi connectivity index (χ0) is 11.5. The Bertz CT molecular complexity index is 400. The number of nitrogens with zero attached hydrogens (tertiary/aromatic N) is 1. The number of halogens is 1. The average molecular weight is 331 g/mol. The summed E-state index contributed by atoms with van der Waals surface area (Å²) in [6, 6.07) is 7.73. The van der Waals surface area contributed by atoms with Gasteiger partial charge >= 0.3 is 0 Å². The van der Waals surface area contributed by atoms with E-state index in [1.165, 1.54) is 4.90 Å². The molecule has 1 aromatic carbocycles. The van der Waals surface area contributed by atoms with Crippen molar-refractivity contribution in [2.24, 2.45) is 0 Å². The summed E-state index contributed by atoms with van der Waals surface area (Å²) in [5, 5.41) is 0. The van der Waals surface area contributed by atoms with E-state index in [1.54, 1.807) is 0 Å². The SMILES string of the molecule is O=C1COCC(=O)N1Cc1ccc(I)cc1. The minimum Gasteiger partial charge on any atom is -0.362 e. The van der Waals surface area contributed by atoms with Crippen molar-refractivity contribution in [1.82, 2.24) is 4.90 Å². The van der Waals surface area contributed by atoms with E-state index in [4.69, 9.17) is 4.74 Å². The first-order valence-electron chi connectivity index (χ1n) is 4.82. The molecule has 0 saturated carbocycles. The van der Waals surface area contributed by atoms with E-state index >= 15 is 0 Å². The summed E-state index contributed by atoms with van der Waals surface area (Å²) in [6.45, 7) is 0.324. The first-order valence-corrected chi connectivity index (χ1v) is 5.90. The molecule has 4 nitrogen and oxygen atoms in total. The van der Waals surface area contributed by atoms with E-state index in [9.17, 15) is 9.59 Å². The maximum atomic E-state index is 11.5. The average Bonchev–Trinajstić information content (AvgIpc) is 2.26. The molecule has 1 aliphatic heterocycles. The molecular weight excluding hydrogens is 321 g/mol. The van der Waals surface area contributed by atoms with Crippen molar-refractivity contribution in [3.8, 4) is 0 Å². The molecule has 84 valence electrons. The molecule has 16 heavy (non-hydrogen) atoms. The molecule has 0 bridgehead atoms. The topological polar surface area (TPSA) is 46.6 Å². The molecular formula is C11H10INO3. The first-order chi connectivity index (χ1) is 7.66. The van der Waals surface area contributed by atoms with Gasteiger partial charge < -0.3 is 4.74 Å². The van der Waals surface area contributed by atoms with E-state index in [0.717, 1.165) is 9.13 Å². The highest BCUT2D eigenvalue weighted by Gasteiger charge is 2.26. The summed E-state index contributed by atoms with van der Waals surface area (Å²) in [6.07, 6.45) is 0. The smallest absolute Gasteiger partial charge is 0.255 e. The minimum atomic E-state index is -0.269. The lowest BCUT2D eigenvalue weighted by molar-refractivity contribution is -0.159. The Hall–Kier alpha value is -0.950. The largest absolute Gasteiger partial charge is 0.362 e. The Kier molecular flexibility index (Phi) is 3.55. The Labute approximate surface area is 107 Å². The lowest BCUT2D eigenvalue weighted by Gasteiger charge is -2.24. The molecule has 0 unspecified atom stereocenters. The summed E-state index contributed by atoms with van der Waals surface area (Å²) in [4.78, 5) is 24.2. The summed E-state index contributed by atoms with van der Waals surface area (Å²) < 4.78 is 5.97. The van der Waals surface area contributed by atoms with Gasteiger partial charge in [0, 0.05) is 3.57 Å². The van der Waals surface area contributed by atoms with E-state index in [-0.39, 0.29) is 25.0 Å².